The molecule has 2 atom stereocenters. The second-order valence-corrected chi connectivity index (χ2v) is 5.05. The minimum absolute atomic E-state index is 0.110. The summed E-state index contributed by atoms with van der Waals surface area (Å²) in [5.41, 5.74) is 0. The van der Waals surface area contributed by atoms with Crippen LogP contribution in [0.25, 0.3) is 0 Å². The fraction of sp³-hybridized carbons (Fsp3) is 0.923. The molecule has 0 bridgehead atoms. The summed E-state index contributed by atoms with van der Waals surface area (Å²) >= 11 is 0. The van der Waals surface area contributed by atoms with Gasteiger partial charge in [0.25, 0.3) is 0 Å². The van der Waals surface area contributed by atoms with Crippen LogP contribution in [0.15, 0.2) is 0 Å². The normalized spacial score (nSPS) is 30.3. The van der Waals surface area contributed by atoms with Gasteiger partial charge in [-0.3, -0.25) is 4.79 Å². The molecule has 2 heterocycles. The number of morpholine rings is 1. The van der Waals surface area contributed by atoms with Crippen LogP contribution in [0.3, 0.4) is 0 Å². The molecular formula is C13H24N2O2. The lowest BCUT2D eigenvalue weighted by atomic mass is 9.97. The second-order valence-electron chi connectivity index (χ2n) is 5.05. The molecule has 0 aromatic rings. The van der Waals surface area contributed by atoms with Gasteiger partial charge < -0.3 is 15.0 Å². The number of likely N-dealkylation sites (tertiary alicyclic amines) is 1. The number of amides is 1. The van der Waals surface area contributed by atoms with E-state index in [1.54, 1.807) is 0 Å². The molecule has 2 unspecified atom stereocenters. The summed E-state index contributed by atoms with van der Waals surface area (Å²) in [4.78, 5) is 14.5. The minimum atomic E-state index is -0.110. The summed E-state index contributed by atoms with van der Waals surface area (Å²) in [6, 6.07) is 0.353. The molecule has 0 saturated carbocycles. The van der Waals surface area contributed by atoms with Crippen molar-refractivity contribution in [2.45, 2.75) is 51.1 Å². The molecule has 2 saturated heterocycles. The van der Waals surface area contributed by atoms with Crippen molar-refractivity contribution in [3.05, 3.63) is 0 Å². The van der Waals surface area contributed by atoms with Gasteiger partial charge in [-0.25, -0.2) is 0 Å². The van der Waals surface area contributed by atoms with Crippen molar-refractivity contribution in [2.75, 3.05) is 26.3 Å². The lowest BCUT2D eigenvalue weighted by molar-refractivity contribution is -0.140. The highest BCUT2D eigenvalue weighted by Crippen LogP contribution is 2.21. The molecule has 2 aliphatic rings. The van der Waals surface area contributed by atoms with E-state index in [2.05, 4.69) is 17.1 Å². The Labute approximate surface area is 104 Å². The first kappa shape index (κ1) is 12.8. The number of carbonyl (C=O) groups is 1. The Kier molecular flexibility index (Phi) is 4.80. The molecule has 4 nitrogen and oxygen atoms in total. The van der Waals surface area contributed by atoms with Crippen molar-refractivity contribution in [1.29, 1.82) is 0 Å². The molecule has 0 aromatic carbocycles. The van der Waals surface area contributed by atoms with Gasteiger partial charge in [-0.15, -0.1) is 0 Å². The molecule has 2 rings (SSSR count). The quantitative estimate of drug-likeness (QED) is 0.805. The van der Waals surface area contributed by atoms with Crippen molar-refractivity contribution in [3.8, 4) is 0 Å². The number of carbonyl (C=O) groups excluding carboxylic acids is 1. The lowest BCUT2D eigenvalue weighted by Crippen LogP contribution is -2.56. The number of ether oxygens (including phenoxy) is 1. The Bertz CT molecular complexity index is 250. The first-order chi connectivity index (χ1) is 8.33. The Morgan fingerprint density at radius 2 is 2.35 bits per heavy atom. The molecule has 4 heteroatoms. The highest BCUT2D eigenvalue weighted by atomic mass is 16.5. The number of piperidine rings is 1. The standard InChI is InChI=1S/C13H24N2O2/c1-2-5-11-6-3-4-8-15(11)13(16)12-10-17-9-7-14-12/h11-12,14H,2-10H2,1H3. The third-order valence-electron chi connectivity index (χ3n) is 3.75. The maximum Gasteiger partial charge on any atom is 0.242 e. The number of hydrogen-bond donors (Lipinski definition) is 1. The van der Waals surface area contributed by atoms with Crippen LogP contribution in [0.4, 0.5) is 0 Å². The van der Waals surface area contributed by atoms with Crippen LogP contribution < -0.4 is 5.32 Å². The van der Waals surface area contributed by atoms with E-state index in [1.165, 1.54) is 12.8 Å². The Morgan fingerprint density at radius 3 is 3.06 bits per heavy atom. The van der Waals surface area contributed by atoms with Crippen LogP contribution in [-0.4, -0.2) is 49.2 Å². The van der Waals surface area contributed by atoms with Crippen molar-refractivity contribution >= 4 is 5.91 Å². The van der Waals surface area contributed by atoms with E-state index < -0.39 is 0 Å². The molecule has 0 aliphatic carbocycles. The zero-order chi connectivity index (χ0) is 12.1. The van der Waals surface area contributed by atoms with Crippen molar-refractivity contribution in [2.24, 2.45) is 0 Å². The SMILES string of the molecule is CCCC1CCCCN1C(=O)C1COCCN1. The number of nitrogens with one attached hydrogen (secondary N) is 1. The number of nitrogens with zero attached hydrogens (tertiary/aromatic N) is 1. The van der Waals surface area contributed by atoms with Crippen LogP contribution in [0.1, 0.15) is 39.0 Å². The fourth-order valence-electron chi connectivity index (χ4n) is 2.85. The van der Waals surface area contributed by atoms with Gasteiger partial charge in [0.2, 0.25) is 5.91 Å². The lowest BCUT2D eigenvalue weighted by Gasteiger charge is -2.38. The number of rotatable bonds is 3. The summed E-state index contributed by atoms with van der Waals surface area (Å²) in [5, 5.41) is 3.26. The zero-order valence-electron chi connectivity index (χ0n) is 10.8. The zero-order valence-corrected chi connectivity index (χ0v) is 10.8. The van der Waals surface area contributed by atoms with Gasteiger partial charge >= 0.3 is 0 Å². The van der Waals surface area contributed by atoms with Crippen molar-refractivity contribution in [3.63, 3.8) is 0 Å². The van der Waals surface area contributed by atoms with Crippen LogP contribution in [0.5, 0.6) is 0 Å². The van der Waals surface area contributed by atoms with Crippen LogP contribution in [-0.2, 0) is 9.53 Å². The van der Waals surface area contributed by atoms with Gasteiger partial charge in [-0.05, 0) is 25.7 Å². The molecular weight excluding hydrogens is 216 g/mol. The molecule has 0 spiro atoms. The van der Waals surface area contributed by atoms with E-state index >= 15 is 0 Å². The minimum Gasteiger partial charge on any atom is -0.378 e. The fourth-order valence-corrected chi connectivity index (χ4v) is 2.85. The first-order valence-corrected chi connectivity index (χ1v) is 6.94. The van der Waals surface area contributed by atoms with Crippen LogP contribution in [0, 0.1) is 0 Å². The van der Waals surface area contributed by atoms with Gasteiger partial charge in [0.15, 0.2) is 0 Å². The highest BCUT2D eigenvalue weighted by Gasteiger charge is 2.31. The topological polar surface area (TPSA) is 41.6 Å². The predicted molar refractivity (Wildman–Crippen MR) is 66.9 cm³/mol. The van der Waals surface area contributed by atoms with Gasteiger partial charge in [0, 0.05) is 19.1 Å². The van der Waals surface area contributed by atoms with Gasteiger partial charge in [-0.2, -0.15) is 0 Å². The van der Waals surface area contributed by atoms with Crippen LogP contribution in [0.2, 0.25) is 0 Å². The summed E-state index contributed by atoms with van der Waals surface area (Å²) < 4.78 is 5.38. The van der Waals surface area contributed by atoms with Crippen molar-refractivity contribution < 1.29 is 9.53 Å². The van der Waals surface area contributed by atoms with Gasteiger partial charge in [-0.1, -0.05) is 13.3 Å². The smallest absolute Gasteiger partial charge is 0.242 e. The van der Waals surface area contributed by atoms with Crippen LogP contribution >= 0.6 is 0 Å². The molecule has 17 heavy (non-hydrogen) atoms. The Morgan fingerprint density at radius 1 is 1.47 bits per heavy atom. The molecule has 2 fully saturated rings. The maximum atomic E-state index is 12.4. The molecule has 0 aromatic heterocycles. The summed E-state index contributed by atoms with van der Waals surface area (Å²) in [6.07, 6.45) is 5.89. The van der Waals surface area contributed by atoms with Gasteiger partial charge in [0.1, 0.15) is 6.04 Å². The Balaban J connectivity index is 1.94. The third-order valence-corrected chi connectivity index (χ3v) is 3.75. The van der Waals surface area contributed by atoms with E-state index in [1.807, 2.05) is 0 Å². The largest absolute Gasteiger partial charge is 0.378 e. The number of hydrogen-bond acceptors (Lipinski definition) is 3. The maximum absolute atomic E-state index is 12.4. The first-order valence-electron chi connectivity index (χ1n) is 6.94. The molecule has 1 amide bonds. The second kappa shape index (κ2) is 6.36. The van der Waals surface area contributed by atoms with Gasteiger partial charge in [0.05, 0.1) is 13.2 Å². The van der Waals surface area contributed by atoms with E-state index in [0.29, 0.717) is 12.6 Å². The summed E-state index contributed by atoms with van der Waals surface area (Å²) in [7, 11) is 0. The molecule has 2 aliphatic heterocycles. The average Bonchev–Trinajstić information content (AvgIpc) is 2.40. The summed E-state index contributed by atoms with van der Waals surface area (Å²) in [5.74, 6) is 0.253. The molecule has 98 valence electrons. The average molecular weight is 240 g/mol. The monoisotopic (exact) mass is 240 g/mol. The van der Waals surface area contributed by atoms with E-state index in [0.717, 1.165) is 39.0 Å². The van der Waals surface area contributed by atoms with E-state index in [9.17, 15) is 4.79 Å². The highest BCUT2D eigenvalue weighted by molar-refractivity contribution is 5.82. The Hall–Kier alpha value is -0.610. The predicted octanol–water partition coefficient (Wildman–Crippen LogP) is 1.16. The molecule has 1 N–H and O–H groups in total. The summed E-state index contributed by atoms with van der Waals surface area (Å²) in [6.45, 7) is 5.18. The third kappa shape index (κ3) is 3.19. The van der Waals surface area contributed by atoms with E-state index in [4.69, 9.17) is 4.74 Å². The van der Waals surface area contributed by atoms with E-state index in [-0.39, 0.29) is 11.9 Å². The van der Waals surface area contributed by atoms with Crippen molar-refractivity contribution in [1.82, 2.24) is 10.2 Å². The molecule has 0 radical (unpaired) electrons.